The number of rotatable bonds is 5. The van der Waals surface area contributed by atoms with Crippen LogP contribution < -0.4 is 5.32 Å². The summed E-state index contributed by atoms with van der Waals surface area (Å²) < 4.78 is 18.8. The predicted molar refractivity (Wildman–Crippen MR) is 80.8 cm³/mol. The van der Waals surface area contributed by atoms with Gasteiger partial charge in [-0.25, -0.2) is 4.39 Å². The molecule has 0 aliphatic carbocycles. The van der Waals surface area contributed by atoms with E-state index in [1.165, 1.54) is 18.2 Å². The minimum Gasteiger partial charge on any atom is -0.388 e. The zero-order chi connectivity index (χ0) is 16.1. The third kappa shape index (κ3) is 4.76. The Morgan fingerprint density at radius 3 is 3.05 bits per heavy atom. The fourth-order valence-electron chi connectivity index (χ4n) is 2.53. The quantitative estimate of drug-likeness (QED) is 0.854. The molecule has 0 bridgehead atoms. The van der Waals surface area contributed by atoms with Crippen LogP contribution in [-0.4, -0.2) is 54.8 Å². The number of amides is 1. The van der Waals surface area contributed by atoms with E-state index in [4.69, 9.17) is 4.74 Å². The first-order chi connectivity index (χ1) is 10.5. The molecule has 3 atom stereocenters. The van der Waals surface area contributed by atoms with Crippen LogP contribution >= 0.6 is 0 Å². The van der Waals surface area contributed by atoms with Gasteiger partial charge in [0.05, 0.1) is 31.3 Å². The van der Waals surface area contributed by atoms with Crippen molar-refractivity contribution in [1.29, 1.82) is 0 Å². The Hall–Kier alpha value is -1.50. The molecule has 0 spiro atoms. The molecule has 2 rings (SSSR count). The van der Waals surface area contributed by atoms with Crippen molar-refractivity contribution in [3.05, 3.63) is 35.6 Å². The minimum atomic E-state index is -1.02. The van der Waals surface area contributed by atoms with Crippen LogP contribution in [0.15, 0.2) is 24.3 Å². The number of carbonyl (C=O) groups is 1. The van der Waals surface area contributed by atoms with Crippen molar-refractivity contribution in [2.45, 2.75) is 31.6 Å². The average molecular weight is 310 g/mol. The lowest BCUT2D eigenvalue weighted by Gasteiger charge is -2.34. The number of benzene rings is 1. The highest BCUT2D eigenvalue weighted by Crippen LogP contribution is 2.17. The van der Waals surface area contributed by atoms with E-state index in [0.29, 0.717) is 12.2 Å². The fraction of sp³-hybridized carbons (Fsp3) is 0.562. The Bertz CT molecular complexity index is 512. The first-order valence-corrected chi connectivity index (χ1v) is 7.48. The van der Waals surface area contributed by atoms with Gasteiger partial charge in [-0.3, -0.25) is 4.79 Å². The van der Waals surface area contributed by atoms with Crippen molar-refractivity contribution >= 4 is 5.91 Å². The van der Waals surface area contributed by atoms with Crippen LogP contribution in [0.2, 0.25) is 0 Å². The van der Waals surface area contributed by atoms with E-state index in [1.807, 2.05) is 14.0 Å². The Balaban J connectivity index is 1.84. The van der Waals surface area contributed by atoms with E-state index in [2.05, 4.69) is 10.2 Å². The van der Waals surface area contributed by atoms with Gasteiger partial charge < -0.3 is 20.1 Å². The standard InChI is InChI=1S/C16H23FN2O3/c1-11(15-10-19(2)6-7-22-15)18-16(21)9-14(20)12-4-3-5-13(17)8-12/h3-5,8,11,14-15,20H,6-7,9-10H2,1-2H3,(H,18,21). The molecule has 1 heterocycles. The van der Waals surface area contributed by atoms with Gasteiger partial charge in [-0.1, -0.05) is 12.1 Å². The molecule has 1 aliphatic rings. The summed E-state index contributed by atoms with van der Waals surface area (Å²) in [6.45, 7) is 4.17. The maximum absolute atomic E-state index is 13.1. The van der Waals surface area contributed by atoms with Crippen molar-refractivity contribution in [1.82, 2.24) is 10.2 Å². The monoisotopic (exact) mass is 310 g/mol. The first kappa shape index (κ1) is 16.9. The number of halogens is 1. The maximum Gasteiger partial charge on any atom is 0.223 e. The summed E-state index contributed by atoms with van der Waals surface area (Å²) in [6.07, 6.45) is -1.18. The summed E-state index contributed by atoms with van der Waals surface area (Å²) >= 11 is 0. The Morgan fingerprint density at radius 2 is 2.36 bits per heavy atom. The van der Waals surface area contributed by atoms with Crippen molar-refractivity contribution in [2.24, 2.45) is 0 Å². The number of aliphatic hydroxyl groups is 1. The number of nitrogens with zero attached hydrogens (tertiary/aromatic N) is 1. The van der Waals surface area contributed by atoms with Crippen LogP contribution in [0.4, 0.5) is 4.39 Å². The predicted octanol–water partition coefficient (Wildman–Crippen LogP) is 1.08. The summed E-state index contributed by atoms with van der Waals surface area (Å²) in [5.41, 5.74) is 0.399. The zero-order valence-electron chi connectivity index (χ0n) is 13.0. The van der Waals surface area contributed by atoms with E-state index in [0.717, 1.165) is 13.1 Å². The molecule has 1 aromatic rings. The molecule has 0 radical (unpaired) electrons. The van der Waals surface area contributed by atoms with Gasteiger partial charge in [0, 0.05) is 13.1 Å². The highest BCUT2D eigenvalue weighted by Gasteiger charge is 2.25. The molecule has 1 aliphatic heterocycles. The molecule has 5 nitrogen and oxygen atoms in total. The van der Waals surface area contributed by atoms with Crippen LogP contribution in [0.25, 0.3) is 0 Å². The summed E-state index contributed by atoms with van der Waals surface area (Å²) in [4.78, 5) is 14.2. The molecule has 0 aromatic heterocycles. The van der Waals surface area contributed by atoms with Gasteiger partial charge in [0.1, 0.15) is 5.82 Å². The number of likely N-dealkylation sites (N-methyl/N-ethyl adjacent to an activating group) is 1. The third-order valence-electron chi connectivity index (χ3n) is 3.86. The molecule has 1 amide bonds. The topological polar surface area (TPSA) is 61.8 Å². The van der Waals surface area contributed by atoms with Crippen molar-refractivity contribution < 1.29 is 19.0 Å². The van der Waals surface area contributed by atoms with Crippen molar-refractivity contribution in [3.8, 4) is 0 Å². The highest BCUT2D eigenvalue weighted by molar-refractivity contribution is 5.77. The number of hydrogen-bond acceptors (Lipinski definition) is 4. The summed E-state index contributed by atoms with van der Waals surface area (Å²) in [6, 6.07) is 5.51. The second-order valence-electron chi connectivity index (χ2n) is 5.80. The highest BCUT2D eigenvalue weighted by atomic mass is 19.1. The van der Waals surface area contributed by atoms with Gasteiger partial charge in [-0.05, 0) is 31.7 Å². The lowest BCUT2D eigenvalue weighted by molar-refractivity contribution is -0.125. The Labute approximate surface area is 130 Å². The minimum absolute atomic E-state index is 0.0611. The van der Waals surface area contributed by atoms with Crippen LogP contribution in [0.5, 0.6) is 0 Å². The summed E-state index contributed by atoms with van der Waals surface area (Å²) in [5.74, 6) is -0.704. The van der Waals surface area contributed by atoms with Crippen LogP contribution in [-0.2, 0) is 9.53 Å². The number of carbonyl (C=O) groups excluding carboxylic acids is 1. The van der Waals surface area contributed by atoms with Gasteiger partial charge in [-0.2, -0.15) is 0 Å². The second-order valence-corrected chi connectivity index (χ2v) is 5.80. The Morgan fingerprint density at radius 1 is 1.59 bits per heavy atom. The molecule has 0 saturated carbocycles. The van der Waals surface area contributed by atoms with E-state index >= 15 is 0 Å². The van der Waals surface area contributed by atoms with E-state index in [-0.39, 0.29) is 24.5 Å². The molecule has 3 unspecified atom stereocenters. The van der Waals surface area contributed by atoms with E-state index in [1.54, 1.807) is 6.07 Å². The van der Waals surface area contributed by atoms with Crippen LogP contribution in [0, 0.1) is 5.82 Å². The van der Waals surface area contributed by atoms with Crippen LogP contribution in [0.3, 0.4) is 0 Å². The second kappa shape index (κ2) is 7.67. The van der Waals surface area contributed by atoms with E-state index in [9.17, 15) is 14.3 Å². The summed E-state index contributed by atoms with van der Waals surface area (Å²) in [7, 11) is 2.01. The van der Waals surface area contributed by atoms with Gasteiger partial charge in [0.2, 0.25) is 5.91 Å². The average Bonchev–Trinajstić information content (AvgIpc) is 2.47. The van der Waals surface area contributed by atoms with Crippen molar-refractivity contribution in [2.75, 3.05) is 26.7 Å². The number of morpholine rings is 1. The molecular formula is C16H23FN2O3. The largest absolute Gasteiger partial charge is 0.388 e. The van der Waals surface area contributed by atoms with Gasteiger partial charge in [0.25, 0.3) is 0 Å². The van der Waals surface area contributed by atoms with Gasteiger partial charge >= 0.3 is 0 Å². The number of hydrogen-bond donors (Lipinski definition) is 2. The van der Waals surface area contributed by atoms with Gasteiger partial charge in [0.15, 0.2) is 0 Å². The van der Waals surface area contributed by atoms with Crippen LogP contribution in [0.1, 0.15) is 25.0 Å². The molecule has 1 saturated heterocycles. The van der Waals surface area contributed by atoms with E-state index < -0.39 is 11.9 Å². The molecule has 22 heavy (non-hydrogen) atoms. The number of nitrogens with one attached hydrogen (secondary N) is 1. The maximum atomic E-state index is 13.1. The molecule has 2 N–H and O–H groups in total. The smallest absolute Gasteiger partial charge is 0.223 e. The molecular weight excluding hydrogens is 287 g/mol. The zero-order valence-corrected chi connectivity index (χ0v) is 13.0. The first-order valence-electron chi connectivity index (χ1n) is 7.48. The van der Waals surface area contributed by atoms with Crippen molar-refractivity contribution in [3.63, 3.8) is 0 Å². The molecule has 1 fully saturated rings. The molecule has 1 aromatic carbocycles. The normalized spacial score (nSPS) is 22.1. The summed E-state index contributed by atoms with van der Waals surface area (Å²) in [5, 5.41) is 12.9. The molecule has 6 heteroatoms. The molecule has 122 valence electrons. The third-order valence-corrected chi connectivity index (χ3v) is 3.86. The van der Waals surface area contributed by atoms with Gasteiger partial charge in [-0.15, -0.1) is 0 Å². The lowest BCUT2D eigenvalue weighted by atomic mass is 10.1. The number of ether oxygens (including phenoxy) is 1. The number of aliphatic hydroxyl groups excluding tert-OH is 1. The SMILES string of the molecule is CC(NC(=O)CC(O)c1cccc(F)c1)C1CN(C)CCO1. The lowest BCUT2D eigenvalue weighted by Crippen LogP contribution is -2.51. The Kier molecular flexibility index (Phi) is 5.88. The fourth-order valence-corrected chi connectivity index (χ4v) is 2.53.